The summed E-state index contributed by atoms with van der Waals surface area (Å²) in [4.78, 5) is 0.0438. The number of piperidine rings is 1. The van der Waals surface area contributed by atoms with Gasteiger partial charge in [0.25, 0.3) is 0 Å². The lowest BCUT2D eigenvalue weighted by molar-refractivity contribution is 0.0577. The van der Waals surface area contributed by atoms with Crippen molar-refractivity contribution in [2.45, 2.75) is 17.7 Å². The smallest absolute Gasteiger partial charge is 0.240 e. The summed E-state index contributed by atoms with van der Waals surface area (Å²) in [5, 5.41) is 3.26. The fourth-order valence-corrected chi connectivity index (χ4v) is 4.32. The molecule has 0 aliphatic carbocycles. The van der Waals surface area contributed by atoms with Gasteiger partial charge < -0.3 is 10.1 Å². The normalized spacial score (nSPS) is 18.3. The molecule has 1 heterocycles. The molecule has 2 rings (SSSR count). The monoisotopic (exact) mass is 394 g/mol. The van der Waals surface area contributed by atoms with E-state index in [-0.39, 0.29) is 14.8 Å². The molecule has 0 aromatic heterocycles. The second-order valence-electron chi connectivity index (χ2n) is 5.58. The number of halogens is 2. The van der Waals surface area contributed by atoms with Crippen LogP contribution in [0.25, 0.3) is 0 Å². The largest absolute Gasteiger partial charge is 0.384 e. The van der Waals surface area contributed by atoms with Crippen molar-refractivity contribution in [3.63, 3.8) is 0 Å². The van der Waals surface area contributed by atoms with Gasteiger partial charge in [-0.05, 0) is 60.1 Å². The van der Waals surface area contributed by atoms with Crippen molar-refractivity contribution in [1.29, 1.82) is 0 Å². The van der Waals surface area contributed by atoms with Crippen LogP contribution in [0.4, 0.5) is 4.39 Å². The molecule has 0 amide bonds. The summed E-state index contributed by atoms with van der Waals surface area (Å²) < 4.78 is 46.0. The van der Waals surface area contributed by atoms with Crippen LogP contribution in [0.2, 0.25) is 0 Å². The van der Waals surface area contributed by atoms with Gasteiger partial charge in [-0.3, -0.25) is 0 Å². The second-order valence-corrected chi connectivity index (χ2v) is 8.20. The molecule has 1 saturated heterocycles. The highest BCUT2D eigenvalue weighted by molar-refractivity contribution is 9.10. The van der Waals surface area contributed by atoms with E-state index in [9.17, 15) is 12.8 Å². The molecule has 5 nitrogen and oxygen atoms in total. The molecule has 8 heteroatoms. The van der Waals surface area contributed by atoms with Gasteiger partial charge in [-0.1, -0.05) is 0 Å². The standard InChI is InChI=1S/C14H20BrFN2O3S/c1-21-10-14(4-6-17-7-5-14)9-18-22(19,20)11-2-3-13(16)12(15)8-11/h2-3,8,17-18H,4-7,9-10H2,1H3. The third kappa shape index (κ3) is 4.26. The Labute approximate surface area is 138 Å². The zero-order chi connectivity index (χ0) is 16.2. The Morgan fingerprint density at radius 1 is 1.41 bits per heavy atom. The van der Waals surface area contributed by atoms with E-state index in [4.69, 9.17) is 4.74 Å². The first-order chi connectivity index (χ1) is 10.4. The number of sulfonamides is 1. The average molecular weight is 395 g/mol. The van der Waals surface area contributed by atoms with Crippen LogP contribution in [0.15, 0.2) is 27.6 Å². The SMILES string of the molecule is COCC1(CNS(=O)(=O)c2ccc(F)c(Br)c2)CCNCC1. The van der Waals surface area contributed by atoms with Gasteiger partial charge in [-0.25, -0.2) is 17.5 Å². The number of ether oxygens (including phenoxy) is 1. The Morgan fingerprint density at radius 2 is 2.09 bits per heavy atom. The molecule has 1 aliphatic heterocycles. The summed E-state index contributed by atoms with van der Waals surface area (Å²) in [6, 6.07) is 3.66. The van der Waals surface area contributed by atoms with Gasteiger partial charge in [0.1, 0.15) is 5.82 Å². The predicted octanol–water partition coefficient (Wildman–Crippen LogP) is 1.88. The average Bonchev–Trinajstić information content (AvgIpc) is 2.49. The van der Waals surface area contributed by atoms with Crippen LogP contribution in [0.3, 0.4) is 0 Å². The van der Waals surface area contributed by atoms with E-state index in [1.54, 1.807) is 7.11 Å². The van der Waals surface area contributed by atoms with Crippen molar-refractivity contribution < 1.29 is 17.5 Å². The van der Waals surface area contributed by atoms with Gasteiger partial charge in [0, 0.05) is 19.1 Å². The van der Waals surface area contributed by atoms with Crippen LogP contribution in [0.1, 0.15) is 12.8 Å². The van der Waals surface area contributed by atoms with Gasteiger partial charge in [-0.15, -0.1) is 0 Å². The quantitative estimate of drug-likeness (QED) is 0.772. The van der Waals surface area contributed by atoms with Crippen molar-refractivity contribution >= 4 is 26.0 Å². The summed E-state index contributed by atoms with van der Waals surface area (Å²) in [7, 11) is -2.06. The van der Waals surface area contributed by atoms with Crippen LogP contribution in [0.5, 0.6) is 0 Å². The minimum Gasteiger partial charge on any atom is -0.384 e. The number of methoxy groups -OCH3 is 1. The van der Waals surface area contributed by atoms with E-state index in [2.05, 4.69) is 26.0 Å². The molecule has 0 saturated carbocycles. The number of nitrogens with one attached hydrogen (secondary N) is 2. The molecule has 1 fully saturated rings. The maximum Gasteiger partial charge on any atom is 0.240 e. The molecule has 0 atom stereocenters. The van der Waals surface area contributed by atoms with Gasteiger partial charge in [0.05, 0.1) is 16.0 Å². The van der Waals surface area contributed by atoms with Crippen molar-refractivity contribution in [3.8, 4) is 0 Å². The molecule has 22 heavy (non-hydrogen) atoms. The lowest BCUT2D eigenvalue weighted by atomic mass is 9.80. The maximum absolute atomic E-state index is 13.2. The fraction of sp³-hybridized carbons (Fsp3) is 0.571. The van der Waals surface area contributed by atoms with E-state index >= 15 is 0 Å². The summed E-state index contributed by atoms with van der Waals surface area (Å²) >= 11 is 3.01. The molecule has 2 N–H and O–H groups in total. The molecular formula is C14H20BrFN2O3S. The second kappa shape index (κ2) is 7.35. The lowest BCUT2D eigenvalue weighted by Crippen LogP contribution is -2.47. The third-order valence-corrected chi connectivity index (χ3v) is 5.96. The minimum atomic E-state index is -3.68. The molecule has 0 spiro atoms. The van der Waals surface area contributed by atoms with Crippen molar-refractivity contribution in [2.24, 2.45) is 5.41 Å². The third-order valence-electron chi connectivity index (χ3n) is 3.95. The van der Waals surface area contributed by atoms with Gasteiger partial charge in [0.2, 0.25) is 10.0 Å². The topological polar surface area (TPSA) is 67.4 Å². The molecular weight excluding hydrogens is 375 g/mol. The first kappa shape index (κ1) is 17.8. The Hall–Kier alpha value is -0.540. The number of hydrogen-bond donors (Lipinski definition) is 2. The van der Waals surface area contributed by atoms with Gasteiger partial charge in [-0.2, -0.15) is 0 Å². The number of benzene rings is 1. The fourth-order valence-electron chi connectivity index (χ4n) is 2.61. The Kier molecular flexibility index (Phi) is 5.95. The van der Waals surface area contributed by atoms with E-state index in [0.717, 1.165) is 32.0 Å². The Balaban J connectivity index is 2.12. The van der Waals surface area contributed by atoms with Gasteiger partial charge >= 0.3 is 0 Å². The lowest BCUT2D eigenvalue weighted by Gasteiger charge is -2.37. The Morgan fingerprint density at radius 3 is 2.68 bits per heavy atom. The van der Waals surface area contributed by atoms with E-state index in [1.165, 1.54) is 12.1 Å². The van der Waals surface area contributed by atoms with Crippen LogP contribution >= 0.6 is 15.9 Å². The van der Waals surface area contributed by atoms with Crippen molar-refractivity contribution in [3.05, 3.63) is 28.5 Å². The van der Waals surface area contributed by atoms with Crippen LogP contribution < -0.4 is 10.0 Å². The number of rotatable bonds is 6. The summed E-state index contributed by atoms with van der Waals surface area (Å²) in [6.07, 6.45) is 1.69. The van der Waals surface area contributed by atoms with Crippen molar-refractivity contribution in [1.82, 2.24) is 10.0 Å². The first-order valence-corrected chi connectivity index (χ1v) is 9.31. The van der Waals surface area contributed by atoms with Crippen LogP contribution in [0, 0.1) is 11.2 Å². The molecule has 1 aromatic rings. The maximum atomic E-state index is 13.2. The molecule has 0 unspecified atom stereocenters. The summed E-state index contributed by atoms with van der Waals surface area (Å²) in [6.45, 7) is 2.49. The highest BCUT2D eigenvalue weighted by atomic mass is 79.9. The van der Waals surface area contributed by atoms with Crippen LogP contribution in [-0.2, 0) is 14.8 Å². The van der Waals surface area contributed by atoms with E-state index in [0.29, 0.717) is 13.2 Å². The zero-order valence-corrected chi connectivity index (χ0v) is 14.8. The molecule has 124 valence electrons. The van der Waals surface area contributed by atoms with E-state index < -0.39 is 15.8 Å². The molecule has 0 bridgehead atoms. The van der Waals surface area contributed by atoms with E-state index in [1.807, 2.05) is 0 Å². The highest BCUT2D eigenvalue weighted by Gasteiger charge is 2.33. The molecule has 0 radical (unpaired) electrons. The minimum absolute atomic E-state index is 0.0438. The molecule has 1 aromatic carbocycles. The molecule has 1 aliphatic rings. The predicted molar refractivity (Wildman–Crippen MR) is 85.7 cm³/mol. The van der Waals surface area contributed by atoms with Gasteiger partial charge in [0.15, 0.2) is 0 Å². The first-order valence-electron chi connectivity index (χ1n) is 7.03. The number of hydrogen-bond acceptors (Lipinski definition) is 4. The zero-order valence-electron chi connectivity index (χ0n) is 12.4. The Bertz CT molecular complexity index is 613. The summed E-state index contributed by atoms with van der Waals surface area (Å²) in [5.41, 5.74) is -0.204. The highest BCUT2D eigenvalue weighted by Crippen LogP contribution is 2.29. The summed E-state index contributed by atoms with van der Waals surface area (Å²) in [5.74, 6) is -0.492. The van der Waals surface area contributed by atoms with Crippen LogP contribution in [-0.4, -0.2) is 41.8 Å². The van der Waals surface area contributed by atoms with Crippen molar-refractivity contribution in [2.75, 3.05) is 33.4 Å².